The van der Waals surface area contributed by atoms with Crippen molar-refractivity contribution in [2.45, 2.75) is 38.8 Å². The van der Waals surface area contributed by atoms with Gasteiger partial charge in [-0.2, -0.15) is 0 Å². The van der Waals surface area contributed by atoms with Gasteiger partial charge in [-0.1, -0.05) is 19.9 Å². The fraction of sp³-hybridized carbons (Fsp3) is 0.643. The molecule has 0 aliphatic carbocycles. The fourth-order valence-corrected chi connectivity index (χ4v) is 2.30. The van der Waals surface area contributed by atoms with Gasteiger partial charge in [0, 0.05) is 24.7 Å². The Labute approximate surface area is 110 Å². The van der Waals surface area contributed by atoms with Crippen LogP contribution in [0, 0.1) is 0 Å². The molecule has 2 N–H and O–H groups in total. The Kier molecular flexibility index (Phi) is 5.56. The second-order valence-electron chi connectivity index (χ2n) is 4.66. The van der Waals surface area contributed by atoms with Crippen LogP contribution in [0.2, 0.25) is 0 Å². The van der Waals surface area contributed by atoms with E-state index in [0.29, 0.717) is 12.4 Å². The first-order chi connectivity index (χ1) is 8.61. The van der Waals surface area contributed by atoms with Crippen molar-refractivity contribution >= 4 is 0 Å². The van der Waals surface area contributed by atoms with E-state index in [0.717, 1.165) is 25.1 Å². The van der Waals surface area contributed by atoms with E-state index in [-0.39, 0.29) is 5.54 Å². The van der Waals surface area contributed by atoms with Gasteiger partial charge in [-0.3, -0.25) is 4.90 Å². The summed E-state index contributed by atoms with van der Waals surface area (Å²) >= 11 is 0. The van der Waals surface area contributed by atoms with Gasteiger partial charge >= 0.3 is 0 Å². The molecule has 0 saturated heterocycles. The number of pyridine rings is 1. The first kappa shape index (κ1) is 14.9. The largest absolute Gasteiger partial charge is 0.481 e. The Morgan fingerprint density at radius 3 is 2.50 bits per heavy atom. The summed E-state index contributed by atoms with van der Waals surface area (Å²) in [5, 5.41) is 0. The van der Waals surface area contributed by atoms with E-state index in [1.54, 1.807) is 7.11 Å². The summed E-state index contributed by atoms with van der Waals surface area (Å²) in [5.74, 6) is 0.659. The zero-order chi connectivity index (χ0) is 13.6. The lowest BCUT2D eigenvalue weighted by molar-refractivity contribution is 0.106. The predicted molar refractivity (Wildman–Crippen MR) is 74.6 cm³/mol. The van der Waals surface area contributed by atoms with Crippen molar-refractivity contribution in [1.29, 1.82) is 0 Å². The molecule has 0 saturated carbocycles. The summed E-state index contributed by atoms with van der Waals surface area (Å²) in [6.45, 7) is 5.83. The number of ether oxygens (including phenoxy) is 1. The number of likely N-dealkylation sites (N-methyl/N-ethyl adjacent to an activating group) is 1. The molecular formula is C14H25N3O. The van der Waals surface area contributed by atoms with Crippen LogP contribution >= 0.6 is 0 Å². The number of methoxy groups -OCH3 is 1. The number of nitrogens with zero attached hydrogens (tertiary/aromatic N) is 2. The summed E-state index contributed by atoms with van der Waals surface area (Å²) < 4.78 is 5.15. The van der Waals surface area contributed by atoms with E-state index in [1.807, 2.05) is 18.2 Å². The van der Waals surface area contributed by atoms with E-state index in [4.69, 9.17) is 10.5 Å². The van der Waals surface area contributed by atoms with Gasteiger partial charge in [0.25, 0.3) is 0 Å². The molecule has 1 heterocycles. The maximum Gasteiger partial charge on any atom is 0.213 e. The van der Waals surface area contributed by atoms with Gasteiger partial charge in [0.1, 0.15) is 0 Å². The average Bonchev–Trinajstić information content (AvgIpc) is 2.41. The molecule has 4 nitrogen and oxygen atoms in total. The summed E-state index contributed by atoms with van der Waals surface area (Å²) in [7, 11) is 3.75. The zero-order valence-corrected chi connectivity index (χ0v) is 11.9. The number of aromatic nitrogens is 1. The molecule has 0 spiro atoms. The molecule has 18 heavy (non-hydrogen) atoms. The molecule has 0 aliphatic heterocycles. The molecule has 0 atom stereocenters. The van der Waals surface area contributed by atoms with Crippen LogP contribution in [0.5, 0.6) is 5.88 Å². The third-order valence-electron chi connectivity index (χ3n) is 3.90. The van der Waals surface area contributed by atoms with Crippen LogP contribution in [0.4, 0.5) is 0 Å². The van der Waals surface area contributed by atoms with Gasteiger partial charge < -0.3 is 10.5 Å². The standard InChI is InChI=1S/C14H25N3O/c1-5-14(6-2,11-15)17(3)10-12-8-7-9-13(16-12)18-4/h7-9H,5-6,10-11,15H2,1-4H3. The van der Waals surface area contributed by atoms with Crippen LogP contribution in [0.3, 0.4) is 0 Å². The Hall–Kier alpha value is -1.13. The molecule has 0 fully saturated rings. The molecule has 4 heteroatoms. The van der Waals surface area contributed by atoms with Crippen molar-refractivity contribution in [1.82, 2.24) is 9.88 Å². The second kappa shape index (κ2) is 6.71. The quantitative estimate of drug-likeness (QED) is 0.805. The highest BCUT2D eigenvalue weighted by Crippen LogP contribution is 2.23. The Morgan fingerprint density at radius 1 is 1.33 bits per heavy atom. The lowest BCUT2D eigenvalue weighted by Crippen LogP contribution is -2.50. The van der Waals surface area contributed by atoms with Crippen molar-refractivity contribution in [3.05, 3.63) is 23.9 Å². The molecule has 0 unspecified atom stereocenters. The fourth-order valence-electron chi connectivity index (χ4n) is 2.30. The van der Waals surface area contributed by atoms with Crippen LogP contribution in [0.1, 0.15) is 32.4 Å². The molecule has 0 radical (unpaired) electrons. The summed E-state index contributed by atoms with van der Waals surface area (Å²) in [6.07, 6.45) is 2.08. The number of hydrogen-bond acceptors (Lipinski definition) is 4. The van der Waals surface area contributed by atoms with Crippen LogP contribution < -0.4 is 10.5 Å². The highest BCUT2D eigenvalue weighted by molar-refractivity contribution is 5.15. The third-order valence-corrected chi connectivity index (χ3v) is 3.90. The van der Waals surface area contributed by atoms with Crippen LogP contribution in [0.15, 0.2) is 18.2 Å². The summed E-state index contributed by atoms with van der Waals surface area (Å²) in [4.78, 5) is 6.74. The third kappa shape index (κ3) is 3.21. The smallest absolute Gasteiger partial charge is 0.213 e. The lowest BCUT2D eigenvalue weighted by atomic mass is 9.91. The minimum absolute atomic E-state index is 0.0603. The molecule has 0 bridgehead atoms. The highest BCUT2D eigenvalue weighted by atomic mass is 16.5. The van der Waals surface area contributed by atoms with E-state index >= 15 is 0 Å². The lowest BCUT2D eigenvalue weighted by Gasteiger charge is -2.39. The van der Waals surface area contributed by atoms with E-state index < -0.39 is 0 Å². The minimum Gasteiger partial charge on any atom is -0.481 e. The molecule has 0 aliphatic rings. The van der Waals surface area contributed by atoms with Crippen molar-refractivity contribution in [2.75, 3.05) is 20.7 Å². The van der Waals surface area contributed by atoms with Gasteiger partial charge in [0.05, 0.1) is 12.8 Å². The molecule has 0 amide bonds. The second-order valence-corrected chi connectivity index (χ2v) is 4.66. The maximum absolute atomic E-state index is 5.95. The van der Waals surface area contributed by atoms with Gasteiger partial charge in [-0.05, 0) is 26.0 Å². The first-order valence-corrected chi connectivity index (χ1v) is 6.53. The number of rotatable bonds is 7. The maximum atomic E-state index is 5.95. The predicted octanol–water partition coefficient (Wildman–Crippen LogP) is 2.04. The molecule has 1 rings (SSSR count). The van der Waals surface area contributed by atoms with E-state index in [9.17, 15) is 0 Å². The van der Waals surface area contributed by atoms with Crippen LogP contribution in [-0.4, -0.2) is 36.1 Å². The number of nitrogens with two attached hydrogens (primary N) is 1. The highest BCUT2D eigenvalue weighted by Gasteiger charge is 2.29. The molecule has 1 aromatic rings. The van der Waals surface area contributed by atoms with Crippen molar-refractivity contribution in [3.63, 3.8) is 0 Å². The minimum atomic E-state index is 0.0603. The van der Waals surface area contributed by atoms with Crippen LogP contribution in [-0.2, 0) is 6.54 Å². The van der Waals surface area contributed by atoms with Crippen molar-refractivity contribution in [3.8, 4) is 5.88 Å². The van der Waals surface area contributed by atoms with Crippen molar-refractivity contribution in [2.24, 2.45) is 5.73 Å². The zero-order valence-electron chi connectivity index (χ0n) is 11.9. The summed E-state index contributed by atoms with van der Waals surface area (Å²) in [5.41, 5.74) is 7.02. The Morgan fingerprint density at radius 2 is 2.00 bits per heavy atom. The topological polar surface area (TPSA) is 51.4 Å². The Bertz CT molecular complexity index is 356. The van der Waals surface area contributed by atoms with Crippen molar-refractivity contribution < 1.29 is 4.74 Å². The van der Waals surface area contributed by atoms with E-state index in [2.05, 4.69) is 30.8 Å². The van der Waals surface area contributed by atoms with E-state index in [1.165, 1.54) is 0 Å². The van der Waals surface area contributed by atoms with Gasteiger partial charge in [0.2, 0.25) is 5.88 Å². The molecule has 0 aromatic carbocycles. The first-order valence-electron chi connectivity index (χ1n) is 6.53. The van der Waals surface area contributed by atoms with Gasteiger partial charge in [0.15, 0.2) is 0 Å². The molecule has 1 aromatic heterocycles. The summed E-state index contributed by atoms with van der Waals surface area (Å²) in [6, 6.07) is 5.85. The average molecular weight is 251 g/mol. The normalized spacial score (nSPS) is 11.9. The van der Waals surface area contributed by atoms with Crippen LogP contribution in [0.25, 0.3) is 0 Å². The Balaban J connectivity index is 2.82. The number of hydrogen-bond donors (Lipinski definition) is 1. The molecule has 102 valence electrons. The van der Waals surface area contributed by atoms with Gasteiger partial charge in [-0.25, -0.2) is 4.98 Å². The van der Waals surface area contributed by atoms with Gasteiger partial charge in [-0.15, -0.1) is 0 Å². The monoisotopic (exact) mass is 251 g/mol. The SMILES string of the molecule is CCC(CC)(CN)N(C)Cc1cccc(OC)n1. The molecular weight excluding hydrogens is 226 g/mol.